The van der Waals surface area contributed by atoms with Gasteiger partial charge in [0.1, 0.15) is 18.2 Å². The van der Waals surface area contributed by atoms with Crippen LogP contribution in [0.5, 0.6) is 0 Å². The van der Waals surface area contributed by atoms with Gasteiger partial charge in [-0.15, -0.1) is 0 Å². The van der Waals surface area contributed by atoms with Crippen molar-refractivity contribution in [2.24, 2.45) is 7.05 Å². The van der Waals surface area contributed by atoms with E-state index in [4.69, 9.17) is 11.0 Å². The molecule has 3 aromatic carbocycles. The summed E-state index contributed by atoms with van der Waals surface area (Å²) in [6.07, 6.45) is 2.05. The maximum Gasteiger partial charge on any atom is 0.229 e. The number of rotatable bonds is 3. The fourth-order valence-corrected chi connectivity index (χ4v) is 5.77. The number of furan rings is 1. The van der Waals surface area contributed by atoms with Gasteiger partial charge in [-0.2, -0.15) is 0 Å². The van der Waals surface area contributed by atoms with Gasteiger partial charge in [0, 0.05) is 22.9 Å². The maximum absolute atomic E-state index is 7.73. The van der Waals surface area contributed by atoms with Crippen molar-refractivity contribution in [2.45, 2.75) is 26.6 Å². The highest BCUT2D eigenvalue weighted by molar-refractivity contribution is 6.88. The van der Waals surface area contributed by atoms with Crippen molar-refractivity contribution < 1.29 is 8.98 Å². The van der Waals surface area contributed by atoms with Crippen LogP contribution in [-0.2, 0) is 7.05 Å². The third-order valence-electron chi connectivity index (χ3n) is 6.47. The average molecular weight is 448 g/mol. The molecule has 4 heteroatoms. The van der Waals surface area contributed by atoms with E-state index in [1.807, 2.05) is 31.4 Å². The second-order valence-electron chi connectivity index (χ2n) is 9.71. The van der Waals surface area contributed by atoms with E-state index in [-0.39, 0.29) is 0 Å². The van der Waals surface area contributed by atoms with Crippen LogP contribution in [0, 0.1) is 13.5 Å². The van der Waals surface area contributed by atoms with Crippen LogP contribution in [0.1, 0.15) is 5.56 Å². The second kappa shape index (κ2) is 7.72. The van der Waals surface area contributed by atoms with Crippen LogP contribution < -0.4 is 9.75 Å². The lowest BCUT2D eigenvalue weighted by molar-refractivity contribution is -0.660. The lowest BCUT2D eigenvalue weighted by Gasteiger charge is -2.17. The van der Waals surface area contributed by atoms with Gasteiger partial charge in [-0.3, -0.25) is 0 Å². The molecule has 2 aromatic heterocycles. The summed E-state index contributed by atoms with van der Waals surface area (Å²) in [7, 11) is 0.674. The normalized spacial score (nSPS) is 11.8. The third kappa shape index (κ3) is 3.46. The summed E-state index contributed by atoms with van der Waals surface area (Å²) in [6, 6.07) is 23.4. The highest BCUT2D eigenvalue weighted by atomic mass is 28.3. The zero-order valence-electron chi connectivity index (χ0n) is 19.7. The zero-order valence-corrected chi connectivity index (χ0v) is 20.7. The van der Waals surface area contributed by atoms with Gasteiger partial charge in [0.05, 0.1) is 20.2 Å². The van der Waals surface area contributed by atoms with Gasteiger partial charge >= 0.3 is 0 Å². The summed E-state index contributed by atoms with van der Waals surface area (Å²) in [4.78, 5) is 3.77. The molecule has 0 spiro atoms. The molecule has 0 saturated carbocycles. The largest absolute Gasteiger partial charge is 0.466 e. The van der Waals surface area contributed by atoms with Gasteiger partial charge < -0.3 is 4.42 Å². The summed E-state index contributed by atoms with van der Waals surface area (Å²) in [5.74, 6) is 0. The SMILES string of the molecule is [C-]#[N+]c1ccc(-c2ccc([Si](C)(C)C)cc2)c2c1oc1c(-c3cccc[n+]3C)c(C)ccc12. The van der Waals surface area contributed by atoms with E-state index in [1.54, 1.807) is 0 Å². The van der Waals surface area contributed by atoms with E-state index in [1.165, 1.54) is 5.19 Å². The molecule has 0 atom stereocenters. The Bertz CT molecular complexity index is 1560. The number of nitrogens with zero attached hydrogens (tertiary/aromatic N) is 2. The first-order valence-corrected chi connectivity index (χ1v) is 14.7. The van der Waals surface area contributed by atoms with Crippen molar-refractivity contribution in [2.75, 3.05) is 0 Å². The molecule has 5 aromatic rings. The molecular formula is C29H27N2OSi+. The van der Waals surface area contributed by atoms with Crippen LogP contribution in [0.15, 0.2) is 77.3 Å². The molecule has 0 aliphatic rings. The van der Waals surface area contributed by atoms with E-state index in [2.05, 4.69) is 84.5 Å². The third-order valence-corrected chi connectivity index (χ3v) is 8.54. The first kappa shape index (κ1) is 21.2. The monoisotopic (exact) mass is 447 g/mol. The Morgan fingerprint density at radius 2 is 1.64 bits per heavy atom. The molecule has 0 fully saturated rings. The minimum Gasteiger partial charge on any atom is -0.466 e. The first-order chi connectivity index (χ1) is 15.8. The first-order valence-electron chi connectivity index (χ1n) is 11.2. The maximum atomic E-state index is 7.73. The van der Waals surface area contributed by atoms with Crippen molar-refractivity contribution in [1.82, 2.24) is 0 Å². The average Bonchev–Trinajstić information content (AvgIpc) is 3.18. The van der Waals surface area contributed by atoms with E-state index < -0.39 is 8.07 Å². The van der Waals surface area contributed by atoms with Crippen molar-refractivity contribution in [3.05, 3.63) is 89.9 Å². The number of aryl methyl sites for hydroxylation is 2. The number of aromatic nitrogens is 1. The topological polar surface area (TPSA) is 21.4 Å². The zero-order chi connectivity index (χ0) is 23.3. The molecule has 33 heavy (non-hydrogen) atoms. The van der Waals surface area contributed by atoms with Crippen LogP contribution in [-0.4, -0.2) is 8.07 Å². The highest BCUT2D eigenvalue weighted by Gasteiger charge is 2.23. The molecule has 2 heterocycles. The second-order valence-corrected chi connectivity index (χ2v) is 14.8. The summed E-state index contributed by atoms with van der Waals surface area (Å²) in [6.45, 7) is 16.9. The number of fused-ring (bicyclic) bond motifs is 3. The smallest absolute Gasteiger partial charge is 0.229 e. The minimum absolute atomic E-state index is 0.546. The number of benzene rings is 3. The Balaban J connectivity index is 1.85. The van der Waals surface area contributed by atoms with Gasteiger partial charge in [-0.05, 0) is 29.7 Å². The van der Waals surface area contributed by atoms with Gasteiger partial charge in [0.2, 0.25) is 11.4 Å². The van der Waals surface area contributed by atoms with Gasteiger partial charge in [-0.1, -0.05) is 73.4 Å². The minimum atomic E-state index is -1.37. The lowest BCUT2D eigenvalue weighted by Crippen LogP contribution is -2.37. The number of hydrogen-bond donors (Lipinski definition) is 0. The molecule has 0 aliphatic heterocycles. The van der Waals surface area contributed by atoms with E-state index in [9.17, 15) is 0 Å². The van der Waals surface area contributed by atoms with Crippen LogP contribution >= 0.6 is 0 Å². The summed E-state index contributed by atoms with van der Waals surface area (Å²) < 4.78 is 8.63. The predicted octanol–water partition coefficient (Wildman–Crippen LogP) is 7.15. The fraction of sp³-hybridized carbons (Fsp3) is 0.172. The molecule has 5 rings (SSSR count). The van der Waals surface area contributed by atoms with Crippen LogP contribution in [0.4, 0.5) is 5.69 Å². The van der Waals surface area contributed by atoms with Crippen LogP contribution in [0.25, 0.3) is 49.2 Å². The Morgan fingerprint density at radius 3 is 2.30 bits per heavy atom. The highest BCUT2D eigenvalue weighted by Crippen LogP contribution is 2.44. The Hall–Kier alpha value is -3.68. The Labute approximate surface area is 195 Å². The van der Waals surface area contributed by atoms with Gasteiger partial charge in [0.25, 0.3) is 0 Å². The predicted molar refractivity (Wildman–Crippen MR) is 140 cm³/mol. The summed E-state index contributed by atoms with van der Waals surface area (Å²) in [5, 5.41) is 3.50. The summed E-state index contributed by atoms with van der Waals surface area (Å²) >= 11 is 0. The van der Waals surface area contributed by atoms with Crippen molar-refractivity contribution in [1.29, 1.82) is 0 Å². The van der Waals surface area contributed by atoms with Crippen LogP contribution in [0.2, 0.25) is 19.6 Å². The molecule has 0 amide bonds. The van der Waals surface area contributed by atoms with E-state index >= 15 is 0 Å². The molecule has 3 nitrogen and oxygen atoms in total. The van der Waals surface area contributed by atoms with Gasteiger partial charge in [0.15, 0.2) is 6.20 Å². The molecule has 162 valence electrons. The molecule has 0 unspecified atom stereocenters. The van der Waals surface area contributed by atoms with Crippen molar-refractivity contribution >= 4 is 40.9 Å². The molecular weight excluding hydrogens is 420 g/mol. The molecule has 0 N–H and O–H groups in total. The summed E-state index contributed by atoms with van der Waals surface area (Å²) in [5.41, 5.74) is 7.60. The Kier molecular flexibility index (Phi) is 4.95. The molecule has 0 saturated heterocycles. The quantitative estimate of drug-likeness (QED) is 0.163. The van der Waals surface area contributed by atoms with Gasteiger partial charge in [-0.25, -0.2) is 9.41 Å². The number of pyridine rings is 1. The van der Waals surface area contributed by atoms with Crippen LogP contribution in [0.3, 0.4) is 0 Å². The van der Waals surface area contributed by atoms with Crippen molar-refractivity contribution in [3.8, 4) is 22.4 Å². The molecule has 0 aliphatic carbocycles. The number of hydrogen-bond acceptors (Lipinski definition) is 1. The van der Waals surface area contributed by atoms with E-state index in [0.717, 1.165) is 44.3 Å². The standard InChI is InChI=1S/C29H27N2OSi/c1-19-10-15-23-27-22(20-11-13-21(14-12-20)33(4,5)6)16-17-24(30-2)29(27)32-28(23)26(19)25-9-7-8-18-31(25)3/h7-18H,1,3-6H3/q+1. The Morgan fingerprint density at radius 1 is 0.879 bits per heavy atom. The lowest BCUT2D eigenvalue weighted by atomic mass is 9.96. The molecule has 0 radical (unpaired) electrons. The van der Waals surface area contributed by atoms with Crippen molar-refractivity contribution in [3.63, 3.8) is 0 Å². The fourth-order valence-electron chi connectivity index (χ4n) is 4.61. The van der Waals surface area contributed by atoms with E-state index in [0.29, 0.717) is 11.3 Å². The molecule has 0 bridgehead atoms.